The molecule has 2 rings (SSSR count). The number of nitrogens with zero attached hydrogens (tertiary/aromatic N) is 2. The van der Waals surface area contributed by atoms with Crippen LogP contribution in [0.1, 0.15) is 31.1 Å². The topological polar surface area (TPSA) is 72.9 Å². The van der Waals surface area contributed by atoms with Crippen molar-refractivity contribution in [1.29, 1.82) is 0 Å². The van der Waals surface area contributed by atoms with Crippen LogP contribution < -0.4 is 11.1 Å². The van der Waals surface area contributed by atoms with E-state index in [1.807, 2.05) is 10.8 Å². The van der Waals surface area contributed by atoms with E-state index in [0.29, 0.717) is 6.54 Å². The first-order chi connectivity index (χ1) is 7.33. The van der Waals surface area contributed by atoms with Gasteiger partial charge < -0.3 is 15.6 Å². The van der Waals surface area contributed by atoms with Gasteiger partial charge in [0.1, 0.15) is 11.9 Å². The second kappa shape index (κ2) is 4.44. The minimum atomic E-state index is -0.131. The summed E-state index contributed by atoms with van der Waals surface area (Å²) in [6.45, 7) is 1.15. The predicted molar refractivity (Wildman–Crippen MR) is 56.0 cm³/mol. The fourth-order valence-corrected chi connectivity index (χ4v) is 1.97. The maximum absolute atomic E-state index is 11.8. The van der Waals surface area contributed by atoms with Gasteiger partial charge in [-0.2, -0.15) is 0 Å². The van der Waals surface area contributed by atoms with Gasteiger partial charge in [0.05, 0.1) is 6.54 Å². The fraction of sp³-hybridized carbons (Fsp3) is 0.600. The van der Waals surface area contributed by atoms with Gasteiger partial charge in [0.2, 0.25) is 5.91 Å². The SMILES string of the molecule is NCc1nccn1C1CCCCNC1=O. The maximum Gasteiger partial charge on any atom is 0.243 e. The molecule has 15 heavy (non-hydrogen) atoms. The van der Waals surface area contributed by atoms with Crippen molar-refractivity contribution < 1.29 is 4.79 Å². The molecule has 0 bridgehead atoms. The van der Waals surface area contributed by atoms with Crippen LogP contribution in [0.4, 0.5) is 0 Å². The number of rotatable bonds is 2. The summed E-state index contributed by atoms with van der Waals surface area (Å²) in [6.07, 6.45) is 6.51. The molecule has 1 aliphatic heterocycles. The average molecular weight is 208 g/mol. The van der Waals surface area contributed by atoms with Crippen molar-refractivity contribution in [1.82, 2.24) is 14.9 Å². The molecule has 1 aromatic heterocycles. The van der Waals surface area contributed by atoms with Crippen molar-refractivity contribution in [3.8, 4) is 0 Å². The number of amides is 1. The lowest BCUT2D eigenvalue weighted by Crippen LogP contribution is -2.31. The molecule has 3 N–H and O–H groups in total. The van der Waals surface area contributed by atoms with Crippen molar-refractivity contribution in [3.63, 3.8) is 0 Å². The third-order valence-electron chi connectivity index (χ3n) is 2.77. The van der Waals surface area contributed by atoms with E-state index in [1.54, 1.807) is 6.20 Å². The molecule has 0 radical (unpaired) electrons. The first kappa shape index (κ1) is 10.2. The van der Waals surface area contributed by atoms with E-state index in [9.17, 15) is 4.79 Å². The molecule has 1 unspecified atom stereocenters. The largest absolute Gasteiger partial charge is 0.354 e. The molecule has 5 heteroatoms. The highest BCUT2D eigenvalue weighted by molar-refractivity contribution is 5.80. The molecule has 0 spiro atoms. The van der Waals surface area contributed by atoms with Crippen molar-refractivity contribution in [2.45, 2.75) is 31.8 Å². The van der Waals surface area contributed by atoms with Crippen LogP contribution in [0.15, 0.2) is 12.4 Å². The van der Waals surface area contributed by atoms with E-state index >= 15 is 0 Å². The number of hydrogen-bond acceptors (Lipinski definition) is 3. The predicted octanol–water partition coefficient (Wildman–Crippen LogP) is 0.183. The van der Waals surface area contributed by atoms with Crippen LogP contribution in [0.5, 0.6) is 0 Å². The van der Waals surface area contributed by atoms with Gasteiger partial charge in [0.15, 0.2) is 0 Å². The number of nitrogens with two attached hydrogens (primary N) is 1. The monoisotopic (exact) mass is 208 g/mol. The smallest absolute Gasteiger partial charge is 0.243 e. The zero-order chi connectivity index (χ0) is 10.7. The summed E-state index contributed by atoms with van der Waals surface area (Å²) in [7, 11) is 0. The van der Waals surface area contributed by atoms with Crippen LogP contribution in [0, 0.1) is 0 Å². The number of carbonyl (C=O) groups is 1. The van der Waals surface area contributed by atoms with Crippen LogP contribution in [-0.2, 0) is 11.3 Å². The molecule has 0 saturated carbocycles. The highest BCUT2D eigenvalue weighted by Crippen LogP contribution is 2.19. The zero-order valence-corrected chi connectivity index (χ0v) is 8.65. The highest BCUT2D eigenvalue weighted by Gasteiger charge is 2.23. The lowest BCUT2D eigenvalue weighted by atomic mass is 10.1. The second-order valence-electron chi connectivity index (χ2n) is 3.76. The van der Waals surface area contributed by atoms with Gasteiger partial charge in [-0.3, -0.25) is 4.79 Å². The normalized spacial score (nSPS) is 22.2. The summed E-state index contributed by atoms with van der Waals surface area (Å²) < 4.78 is 1.89. The Balaban J connectivity index is 2.23. The standard InChI is InChI=1S/C10H16N4O/c11-7-9-12-5-6-14(9)8-3-1-2-4-13-10(8)15/h5-6,8H,1-4,7,11H2,(H,13,15). The first-order valence-corrected chi connectivity index (χ1v) is 5.32. The Morgan fingerprint density at radius 3 is 3.27 bits per heavy atom. The number of aromatic nitrogens is 2. The molecule has 0 aromatic carbocycles. The summed E-state index contributed by atoms with van der Waals surface area (Å²) in [4.78, 5) is 15.9. The number of carbonyl (C=O) groups excluding carboxylic acids is 1. The number of nitrogens with one attached hydrogen (secondary N) is 1. The summed E-state index contributed by atoms with van der Waals surface area (Å²) >= 11 is 0. The Hall–Kier alpha value is -1.36. The van der Waals surface area contributed by atoms with Crippen molar-refractivity contribution in [3.05, 3.63) is 18.2 Å². The fourth-order valence-electron chi connectivity index (χ4n) is 1.97. The highest BCUT2D eigenvalue weighted by atomic mass is 16.2. The minimum Gasteiger partial charge on any atom is -0.354 e. The molecule has 5 nitrogen and oxygen atoms in total. The van der Waals surface area contributed by atoms with E-state index < -0.39 is 0 Å². The van der Waals surface area contributed by atoms with Crippen LogP contribution in [-0.4, -0.2) is 22.0 Å². The number of hydrogen-bond donors (Lipinski definition) is 2. The molecule has 1 amide bonds. The molecule has 1 atom stereocenters. The van der Waals surface area contributed by atoms with E-state index in [-0.39, 0.29) is 11.9 Å². The molecule has 2 heterocycles. The Morgan fingerprint density at radius 2 is 2.47 bits per heavy atom. The number of imidazole rings is 1. The van der Waals surface area contributed by atoms with Crippen molar-refractivity contribution in [2.75, 3.05) is 6.54 Å². The van der Waals surface area contributed by atoms with Gasteiger partial charge in [-0.15, -0.1) is 0 Å². The van der Waals surface area contributed by atoms with Gasteiger partial charge >= 0.3 is 0 Å². The molecule has 0 aliphatic carbocycles. The maximum atomic E-state index is 11.8. The van der Waals surface area contributed by atoms with E-state index in [1.165, 1.54) is 0 Å². The Kier molecular flexibility index (Phi) is 3.01. The summed E-state index contributed by atoms with van der Waals surface area (Å²) in [5.74, 6) is 0.859. The van der Waals surface area contributed by atoms with Gasteiger partial charge in [0, 0.05) is 18.9 Å². The van der Waals surface area contributed by atoms with E-state index in [4.69, 9.17) is 5.73 Å². The Bertz CT molecular complexity index is 347. The van der Waals surface area contributed by atoms with Gasteiger partial charge in [-0.25, -0.2) is 4.98 Å². The van der Waals surface area contributed by atoms with Crippen LogP contribution >= 0.6 is 0 Å². The zero-order valence-electron chi connectivity index (χ0n) is 8.65. The average Bonchev–Trinajstić information content (AvgIpc) is 2.61. The Labute approximate surface area is 88.7 Å². The molecular weight excluding hydrogens is 192 g/mol. The van der Waals surface area contributed by atoms with Crippen LogP contribution in [0.2, 0.25) is 0 Å². The summed E-state index contributed by atoms with van der Waals surface area (Å²) in [5, 5.41) is 2.91. The second-order valence-corrected chi connectivity index (χ2v) is 3.76. The van der Waals surface area contributed by atoms with Gasteiger partial charge in [-0.05, 0) is 19.3 Å². The molecular formula is C10H16N4O. The summed E-state index contributed by atoms with van der Waals surface area (Å²) in [5.41, 5.74) is 5.57. The van der Waals surface area contributed by atoms with Gasteiger partial charge in [0.25, 0.3) is 0 Å². The van der Waals surface area contributed by atoms with Crippen LogP contribution in [0.25, 0.3) is 0 Å². The summed E-state index contributed by atoms with van der Waals surface area (Å²) in [6, 6.07) is -0.131. The third-order valence-corrected chi connectivity index (χ3v) is 2.77. The van der Waals surface area contributed by atoms with E-state index in [2.05, 4.69) is 10.3 Å². The van der Waals surface area contributed by atoms with Crippen molar-refractivity contribution in [2.24, 2.45) is 5.73 Å². The molecule has 1 saturated heterocycles. The quantitative estimate of drug-likeness (QED) is 0.728. The molecule has 1 aliphatic rings. The minimum absolute atomic E-state index is 0.0835. The first-order valence-electron chi connectivity index (χ1n) is 5.32. The van der Waals surface area contributed by atoms with Gasteiger partial charge in [-0.1, -0.05) is 0 Å². The lowest BCUT2D eigenvalue weighted by molar-refractivity contribution is -0.124. The molecule has 82 valence electrons. The van der Waals surface area contributed by atoms with Crippen LogP contribution in [0.3, 0.4) is 0 Å². The van der Waals surface area contributed by atoms with E-state index in [0.717, 1.165) is 31.6 Å². The third kappa shape index (κ3) is 2.02. The molecule has 1 fully saturated rings. The Morgan fingerprint density at radius 1 is 1.60 bits per heavy atom. The van der Waals surface area contributed by atoms with Crippen molar-refractivity contribution >= 4 is 5.91 Å². The lowest BCUT2D eigenvalue weighted by Gasteiger charge is -2.16. The molecule has 1 aromatic rings.